The van der Waals surface area contributed by atoms with Gasteiger partial charge in [-0.1, -0.05) is 12.1 Å². The Labute approximate surface area is 200 Å². The lowest BCUT2D eigenvalue weighted by atomic mass is 10.1. The molecule has 1 fully saturated rings. The van der Waals surface area contributed by atoms with E-state index in [-0.39, 0.29) is 10.7 Å². The highest BCUT2D eigenvalue weighted by Crippen LogP contribution is 2.38. The first-order valence-corrected chi connectivity index (χ1v) is 10.7. The maximum absolute atomic E-state index is 12.9. The van der Waals surface area contributed by atoms with Crippen LogP contribution in [0, 0.1) is 10.1 Å². The molecule has 2 aromatic carbocycles. The maximum Gasteiger partial charge on any atom is 0.416 e. The number of benzene rings is 2. The summed E-state index contributed by atoms with van der Waals surface area (Å²) in [6, 6.07) is 7.70. The van der Waals surface area contributed by atoms with Crippen molar-refractivity contribution in [1.29, 1.82) is 0 Å². The lowest BCUT2D eigenvalue weighted by Crippen LogP contribution is -2.35. The van der Waals surface area contributed by atoms with Crippen LogP contribution in [0.4, 0.5) is 23.7 Å². The minimum atomic E-state index is -4.77. The summed E-state index contributed by atoms with van der Waals surface area (Å²) < 4.78 is 49.1. The van der Waals surface area contributed by atoms with Crippen molar-refractivity contribution < 1.29 is 42.0 Å². The monoisotopic (exact) mass is 510 g/mol. The Kier molecular flexibility index (Phi) is 7.48. The van der Waals surface area contributed by atoms with Gasteiger partial charge in [-0.05, 0) is 61.5 Å². The van der Waals surface area contributed by atoms with Gasteiger partial charge in [0.15, 0.2) is 0 Å². The molecule has 9 nitrogen and oxygen atoms in total. The van der Waals surface area contributed by atoms with Crippen LogP contribution in [0.5, 0.6) is 11.5 Å². The molecule has 13 heteroatoms. The summed E-state index contributed by atoms with van der Waals surface area (Å²) in [4.78, 5) is 47.6. The van der Waals surface area contributed by atoms with Gasteiger partial charge >= 0.3 is 17.8 Å². The van der Waals surface area contributed by atoms with Crippen molar-refractivity contribution in [2.45, 2.75) is 26.1 Å². The Morgan fingerprint density at radius 3 is 2.54 bits per heavy atom. The van der Waals surface area contributed by atoms with Crippen LogP contribution >= 0.6 is 11.8 Å². The molecular formula is C22H17F3N2O7S. The van der Waals surface area contributed by atoms with Gasteiger partial charge in [0.2, 0.25) is 5.75 Å². The molecule has 0 aromatic heterocycles. The number of hydrogen-bond donors (Lipinski definition) is 0. The molecule has 2 aromatic rings. The zero-order chi connectivity index (χ0) is 25.9. The van der Waals surface area contributed by atoms with Crippen LogP contribution in [-0.4, -0.2) is 39.6 Å². The minimum Gasteiger partial charge on any atom is -0.462 e. The molecule has 0 radical (unpaired) electrons. The third-order valence-corrected chi connectivity index (χ3v) is 5.30. The number of alkyl halides is 3. The second-order valence-electron chi connectivity index (χ2n) is 7.42. The lowest BCUT2D eigenvalue weighted by Gasteiger charge is -2.13. The molecule has 184 valence electrons. The molecular weight excluding hydrogens is 493 g/mol. The number of ether oxygens (including phenoxy) is 2. The van der Waals surface area contributed by atoms with E-state index < -0.39 is 57.9 Å². The molecule has 0 unspecified atom stereocenters. The number of amides is 2. The Bertz CT molecular complexity index is 1230. The van der Waals surface area contributed by atoms with Crippen LogP contribution in [0.3, 0.4) is 0 Å². The number of halogens is 3. The first kappa shape index (κ1) is 25.7. The van der Waals surface area contributed by atoms with Gasteiger partial charge in [0.1, 0.15) is 12.3 Å². The van der Waals surface area contributed by atoms with Crippen LogP contribution in [0.2, 0.25) is 0 Å². The minimum absolute atomic E-state index is 0.0185. The van der Waals surface area contributed by atoms with E-state index in [9.17, 15) is 37.7 Å². The summed E-state index contributed by atoms with van der Waals surface area (Å²) in [7, 11) is 0. The molecule has 1 aliphatic heterocycles. The third kappa shape index (κ3) is 6.38. The van der Waals surface area contributed by atoms with E-state index in [4.69, 9.17) is 9.47 Å². The van der Waals surface area contributed by atoms with E-state index in [0.717, 1.165) is 11.0 Å². The van der Waals surface area contributed by atoms with Crippen molar-refractivity contribution in [1.82, 2.24) is 4.90 Å². The SMILES string of the molecule is CC(C)OC(=O)CN1C(=O)S/C(=C\c2cccc(Oc3ccc(C(F)(F)F)cc3[N+](=O)[O-])c2)C1=O. The van der Waals surface area contributed by atoms with Crippen molar-refractivity contribution in [2.75, 3.05) is 6.54 Å². The van der Waals surface area contributed by atoms with Gasteiger partial charge in [-0.3, -0.25) is 29.4 Å². The van der Waals surface area contributed by atoms with E-state index in [2.05, 4.69) is 0 Å². The Morgan fingerprint density at radius 2 is 1.91 bits per heavy atom. The second-order valence-corrected chi connectivity index (χ2v) is 8.41. The van der Waals surface area contributed by atoms with Crippen LogP contribution in [0.15, 0.2) is 47.4 Å². The zero-order valence-electron chi connectivity index (χ0n) is 18.2. The summed E-state index contributed by atoms with van der Waals surface area (Å²) in [5.74, 6) is -1.81. The molecule has 0 bridgehead atoms. The number of nitro benzene ring substituents is 1. The molecule has 0 N–H and O–H groups in total. The number of imide groups is 1. The van der Waals surface area contributed by atoms with Crippen molar-refractivity contribution in [2.24, 2.45) is 0 Å². The number of nitrogens with zero attached hydrogens (tertiary/aromatic N) is 2. The molecule has 0 saturated carbocycles. The zero-order valence-corrected chi connectivity index (χ0v) is 19.0. The summed E-state index contributed by atoms with van der Waals surface area (Å²) in [5.41, 5.74) is -1.70. The van der Waals surface area contributed by atoms with Crippen LogP contribution < -0.4 is 4.74 Å². The number of hydrogen-bond acceptors (Lipinski definition) is 8. The van der Waals surface area contributed by atoms with Crippen molar-refractivity contribution in [3.63, 3.8) is 0 Å². The standard InChI is InChI=1S/C22H17F3N2O7S/c1-12(2)33-19(28)11-26-20(29)18(35-21(26)30)9-13-4-3-5-15(8-13)34-17-7-6-14(22(23,24)25)10-16(17)27(31)32/h3-10,12H,11H2,1-2H3/b18-9-. The van der Waals surface area contributed by atoms with Gasteiger partial charge in [-0.15, -0.1) is 0 Å². The average Bonchev–Trinajstić information content (AvgIpc) is 3.00. The molecule has 0 aliphatic carbocycles. The molecule has 1 saturated heterocycles. The quantitative estimate of drug-likeness (QED) is 0.211. The molecule has 2 amide bonds. The Balaban J connectivity index is 1.81. The summed E-state index contributed by atoms with van der Waals surface area (Å²) in [5, 5.41) is 10.6. The number of carbonyl (C=O) groups excluding carboxylic acids is 3. The summed E-state index contributed by atoms with van der Waals surface area (Å²) in [6.45, 7) is 2.71. The number of thioether (sulfide) groups is 1. The van der Waals surface area contributed by atoms with Crippen LogP contribution in [0.1, 0.15) is 25.0 Å². The van der Waals surface area contributed by atoms with Crippen LogP contribution in [0.25, 0.3) is 6.08 Å². The highest BCUT2D eigenvalue weighted by Gasteiger charge is 2.37. The fourth-order valence-corrected chi connectivity index (χ4v) is 3.77. The number of esters is 1. The fourth-order valence-electron chi connectivity index (χ4n) is 2.93. The lowest BCUT2D eigenvalue weighted by molar-refractivity contribution is -0.385. The summed E-state index contributed by atoms with van der Waals surface area (Å²) in [6.07, 6.45) is -3.83. The van der Waals surface area contributed by atoms with E-state index in [1.165, 1.54) is 24.3 Å². The average molecular weight is 510 g/mol. The van der Waals surface area contributed by atoms with E-state index >= 15 is 0 Å². The van der Waals surface area contributed by atoms with Gasteiger partial charge in [0, 0.05) is 6.07 Å². The fraction of sp³-hybridized carbons (Fsp3) is 0.227. The van der Waals surface area contributed by atoms with Crippen molar-refractivity contribution >= 4 is 40.6 Å². The third-order valence-electron chi connectivity index (χ3n) is 4.39. The van der Waals surface area contributed by atoms with Crippen LogP contribution in [-0.2, 0) is 20.5 Å². The smallest absolute Gasteiger partial charge is 0.416 e. The highest BCUT2D eigenvalue weighted by molar-refractivity contribution is 8.18. The normalized spacial score (nSPS) is 15.1. The van der Waals surface area contributed by atoms with Crippen molar-refractivity contribution in [3.8, 4) is 11.5 Å². The molecule has 0 atom stereocenters. The molecule has 1 aliphatic rings. The van der Waals surface area contributed by atoms with E-state index in [0.29, 0.717) is 29.5 Å². The Morgan fingerprint density at radius 1 is 1.20 bits per heavy atom. The maximum atomic E-state index is 12.9. The van der Waals surface area contributed by atoms with Crippen molar-refractivity contribution in [3.05, 3.63) is 68.6 Å². The highest BCUT2D eigenvalue weighted by atomic mass is 32.2. The largest absolute Gasteiger partial charge is 0.462 e. The van der Waals surface area contributed by atoms with E-state index in [1.807, 2.05) is 0 Å². The predicted molar refractivity (Wildman–Crippen MR) is 119 cm³/mol. The number of carbonyl (C=O) groups is 3. The first-order chi connectivity index (χ1) is 16.3. The van der Waals surface area contributed by atoms with E-state index in [1.54, 1.807) is 19.9 Å². The van der Waals surface area contributed by atoms with Gasteiger partial charge in [-0.2, -0.15) is 13.2 Å². The van der Waals surface area contributed by atoms with Gasteiger partial charge in [0.25, 0.3) is 11.1 Å². The number of nitro groups is 1. The molecule has 3 rings (SSSR count). The Hall–Kier alpha value is -3.87. The predicted octanol–water partition coefficient (Wildman–Crippen LogP) is 5.39. The van der Waals surface area contributed by atoms with Gasteiger partial charge in [-0.25, -0.2) is 0 Å². The molecule has 35 heavy (non-hydrogen) atoms. The molecule has 0 spiro atoms. The molecule has 1 heterocycles. The van der Waals surface area contributed by atoms with Gasteiger partial charge in [0.05, 0.1) is 21.5 Å². The van der Waals surface area contributed by atoms with Gasteiger partial charge < -0.3 is 9.47 Å². The number of rotatable bonds is 7. The second kappa shape index (κ2) is 10.2. The first-order valence-electron chi connectivity index (χ1n) is 9.93. The topological polar surface area (TPSA) is 116 Å². The summed E-state index contributed by atoms with van der Waals surface area (Å²) >= 11 is 0.612.